The first-order valence-electron chi connectivity index (χ1n) is 12.4. The molecule has 0 aliphatic rings. The van der Waals surface area contributed by atoms with Gasteiger partial charge in [-0.15, -0.1) is 0 Å². The van der Waals surface area contributed by atoms with Crippen molar-refractivity contribution in [3.63, 3.8) is 0 Å². The van der Waals surface area contributed by atoms with E-state index in [0.29, 0.717) is 0 Å². The number of ether oxygens (including phenoxy) is 1. The Balaban J connectivity index is 7.79. The van der Waals surface area contributed by atoms with Crippen LogP contribution in [-0.4, -0.2) is 125 Å². The van der Waals surface area contributed by atoms with Gasteiger partial charge < -0.3 is 9.84 Å². The highest BCUT2D eigenvalue weighted by molar-refractivity contribution is 5.79. The van der Waals surface area contributed by atoms with Gasteiger partial charge in [0.2, 0.25) is 0 Å². The van der Waals surface area contributed by atoms with Crippen molar-refractivity contribution in [1.82, 2.24) is 0 Å². The second-order valence-electron chi connectivity index (χ2n) is 10.5. The lowest BCUT2D eigenvalue weighted by atomic mass is 9.82. The Morgan fingerprint density at radius 3 is 0.603 bits per heavy atom. The molecule has 0 saturated heterocycles. The van der Waals surface area contributed by atoms with Crippen molar-refractivity contribution in [3.05, 3.63) is 0 Å². The Morgan fingerprint density at radius 1 is 0.293 bits per heavy atom. The van der Waals surface area contributed by atoms with Crippen molar-refractivity contribution in [2.75, 3.05) is 13.2 Å². The van der Waals surface area contributed by atoms with E-state index in [1.54, 1.807) is 0 Å². The molecule has 0 atom stereocenters. The molecule has 0 aliphatic carbocycles. The second kappa shape index (κ2) is 13.7. The molecule has 0 aliphatic heterocycles. The molecule has 0 saturated carbocycles. The Bertz CT molecular complexity index is 1500. The molecule has 1 N–H and O–H groups in total. The van der Waals surface area contributed by atoms with Gasteiger partial charge in [-0.25, -0.2) is 4.79 Å². The van der Waals surface area contributed by atoms with Crippen LogP contribution < -0.4 is 0 Å². The van der Waals surface area contributed by atoms with Crippen LogP contribution in [-0.2, 0) is 9.53 Å². The summed E-state index contributed by atoms with van der Waals surface area (Å²) in [4.78, 5) is 10.8. The molecule has 0 bridgehead atoms. The van der Waals surface area contributed by atoms with Gasteiger partial charge in [-0.1, -0.05) is 0 Å². The molecule has 0 unspecified atom stereocenters. The highest BCUT2D eigenvalue weighted by atomic mass is 19.4. The van der Waals surface area contributed by atoms with Crippen LogP contribution >= 0.6 is 0 Å². The highest BCUT2D eigenvalue weighted by Crippen LogP contribution is 2.70. The molecule has 0 radical (unpaired) electrons. The Labute approximate surface area is 290 Å². The average molecular weight is 958 g/mol. The Hall–Kier alpha value is -3.02. The lowest BCUT2D eigenvalue weighted by Gasteiger charge is -2.47. The lowest BCUT2D eigenvalue weighted by Crippen LogP contribution is -2.80. The molecule has 0 fully saturated rings. The van der Waals surface area contributed by atoms with Gasteiger partial charge in [-0.2, -0.15) is 154 Å². The van der Waals surface area contributed by atoms with Crippen LogP contribution in [0.2, 0.25) is 0 Å². The van der Waals surface area contributed by atoms with Gasteiger partial charge in [0.25, 0.3) is 0 Å². The maximum absolute atomic E-state index is 13.9. The summed E-state index contributed by atoms with van der Waals surface area (Å²) >= 11 is 0. The number of aliphatic hydroxyl groups is 1. The standard InChI is InChI=1S/C20H5F35O3/c21-4(22,3(57)58-2-1-56)5(23,24)6(25,26)7(27,28)8(29,30)9(31,32)10(33,34)11(35,36)12(37,38)13(39,40)14(41,42)15(43,44)16(45,46)17(47,48)18(49,50)19(51,52)20(53,54)55/h56H,1-2H2. The van der Waals surface area contributed by atoms with Crippen molar-refractivity contribution in [2.45, 2.75) is 101 Å². The van der Waals surface area contributed by atoms with E-state index in [1.807, 2.05) is 0 Å². The van der Waals surface area contributed by atoms with Gasteiger partial charge in [0.15, 0.2) is 0 Å². The van der Waals surface area contributed by atoms with Crippen LogP contribution in [0.4, 0.5) is 154 Å². The van der Waals surface area contributed by atoms with Crippen molar-refractivity contribution >= 4 is 5.97 Å². The minimum Gasteiger partial charge on any atom is -0.459 e. The molecule has 0 amide bonds. The number of hydrogen-bond donors (Lipinski definition) is 1. The quantitative estimate of drug-likeness (QED) is 0.110. The number of hydrogen-bond acceptors (Lipinski definition) is 3. The van der Waals surface area contributed by atoms with Gasteiger partial charge in [0, 0.05) is 0 Å². The third kappa shape index (κ3) is 6.28. The van der Waals surface area contributed by atoms with Crippen molar-refractivity contribution in [2.24, 2.45) is 0 Å². The number of rotatable bonds is 18. The normalized spacial score (nSPS) is 16.8. The van der Waals surface area contributed by atoms with Crippen LogP contribution in [0.1, 0.15) is 0 Å². The summed E-state index contributed by atoms with van der Waals surface area (Å²) in [6.45, 7) is -3.92. The first kappa shape index (κ1) is 55.0. The summed E-state index contributed by atoms with van der Waals surface area (Å²) in [7, 11) is 0. The summed E-state index contributed by atoms with van der Waals surface area (Å²) in [6.07, 6.45) is -8.45. The van der Waals surface area contributed by atoms with E-state index < -0.39 is 120 Å². The third-order valence-corrected chi connectivity index (χ3v) is 6.85. The van der Waals surface area contributed by atoms with Crippen LogP contribution in [0.3, 0.4) is 0 Å². The number of esters is 1. The molecular weight excluding hydrogens is 953 g/mol. The zero-order chi connectivity index (χ0) is 48.2. The number of carbonyl (C=O) groups excluding carboxylic acids is 1. The van der Waals surface area contributed by atoms with Crippen LogP contribution in [0.25, 0.3) is 0 Å². The number of aliphatic hydroxyl groups excluding tert-OH is 1. The summed E-state index contributed by atoms with van der Waals surface area (Å²) in [6, 6.07) is 0. The van der Waals surface area contributed by atoms with E-state index in [9.17, 15) is 158 Å². The minimum absolute atomic E-state index is 1.83. The molecule has 0 aromatic heterocycles. The molecule has 0 heterocycles. The van der Waals surface area contributed by atoms with Crippen molar-refractivity contribution in [1.29, 1.82) is 0 Å². The van der Waals surface area contributed by atoms with E-state index >= 15 is 0 Å². The predicted molar refractivity (Wildman–Crippen MR) is 103 cm³/mol. The first-order chi connectivity index (χ1) is 24.5. The summed E-state index contributed by atoms with van der Waals surface area (Å²) in [5, 5.41) is 8.13. The van der Waals surface area contributed by atoms with Gasteiger partial charge in [0.1, 0.15) is 6.61 Å². The largest absolute Gasteiger partial charge is 0.460 e. The van der Waals surface area contributed by atoms with Gasteiger partial charge in [0.05, 0.1) is 6.61 Å². The average Bonchev–Trinajstić information content (AvgIpc) is 3.01. The number of halogens is 35. The molecular formula is C20H5F35O3. The molecule has 0 rings (SSSR count). The fourth-order valence-electron chi connectivity index (χ4n) is 3.30. The minimum atomic E-state index is -10.4. The summed E-state index contributed by atoms with van der Waals surface area (Å²) in [5.41, 5.74) is 0. The van der Waals surface area contributed by atoms with Gasteiger partial charge in [-0.05, 0) is 0 Å². The van der Waals surface area contributed by atoms with E-state index in [0.717, 1.165) is 0 Å². The maximum Gasteiger partial charge on any atom is 0.460 e. The number of carbonyl (C=O) groups is 1. The zero-order valence-electron chi connectivity index (χ0n) is 24.9. The predicted octanol–water partition coefficient (Wildman–Crippen LogP) is 10.2. The van der Waals surface area contributed by atoms with Crippen molar-refractivity contribution < 1.29 is 168 Å². The summed E-state index contributed by atoms with van der Waals surface area (Å²) in [5.74, 6) is -161. The zero-order valence-corrected chi connectivity index (χ0v) is 24.9. The van der Waals surface area contributed by atoms with Crippen LogP contribution in [0, 0.1) is 0 Å². The van der Waals surface area contributed by atoms with Crippen molar-refractivity contribution in [3.8, 4) is 0 Å². The molecule has 58 heavy (non-hydrogen) atoms. The smallest absolute Gasteiger partial charge is 0.459 e. The molecule has 348 valence electrons. The monoisotopic (exact) mass is 958 g/mol. The lowest BCUT2D eigenvalue weighted by molar-refractivity contribution is -0.492. The van der Waals surface area contributed by atoms with Crippen LogP contribution in [0.15, 0.2) is 0 Å². The SMILES string of the molecule is O=C(OCCO)C(F)(F)C(F)(F)C(F)(F)C(F)(F)C(F)(F)C(F)(F)C(F)(F)C(F)(F)C(F)(F)C(F)(F)C(F)(F)C(F)(F)C(F)(F)C(F)(F)C(F)(F)C(F)(F)C(F)(F)F. The first-order valence-corrected chi connectivity index (χ1v) is 12.4. The van der Waals surface area contributed by atoms with E-state index in [-0.39, 0.29) is 0 Å². The van der Waals surface area contributed by atoms with E-state index in [2.05, 4.69) is 4.74 Å². The summed E-state index contributed by atoms with van der Waals surface area (Å²) < 4.78 is 477. The fraction of sp³-hybridized carbons (Fsp3) is 0.950. The number of alkyl halides is 35. The molecule has 0 aromatic carbocycles. The fourth-order valence-corrected chi connectivity index (χ4v) is 3.30. The van der Waals surface area contributed by atoms with Gasteiger partial charge in [-0.3, -0.25) is 0 Å². The van der Waals surface area contributed by atoms with E-state index in [4.69, 9.17) is 5.11 Å². The molecule has 0 aromatic rings. The van der Waals surface area contributed by atoms with E-state index in [1.165, 1.54) is 0 Å². The topological polar surface area (TPSA) is 46.5 Å². The van der Waals surface area contributed by atoms with Gasteiger partial charge >= 0.3 is 107 Å². The Kier molecular flexibility index (Phi) is 13.0. The highest BCUT2D eigenvalue weighted by Gasteiger charge is 3.02. The third-order valence-electron chi connectivity index (χ3n) is 6.85. The molecule has 38 heteroatoms. The second-order valence-corrected chi connectivity index (χ2v) is 10.5. The molecule has 3 nitrogen and oxygen atoms in total. The van der Waals surface area contributed by atoms with Crippen LogP contribution in [0.5, 0.6) is 0 Å². The maximum atomic E-state index is 13.9. The Morgan fingerprint density at radius 2 is 0.448 bits per heavy atom. The molecule has 0 spiro atoms.